The van der Waals surface area contributed by atoms with Gasteiger partial charge in [0, 0.05) is 27.5 Å². The molecule has 0 atom stereocenters. The molecule has 9 heteroatoms. The molecule has 0 unspecified atom stereocenters. The minimum atomic E-state index is -4.48. The van der Waals surface area contributed by atoms with Crippen LogP contribution in [0.3, 0.4) is 0 Å². The van der Waals surface area contributed by atoms with E-state index in [1.165, 1.54) is 12.1 Å². The molecule has 0 spiro atoms. The van der Waals surface area contributed by atoms with Crippen LogP contribution in [0.5, 0.6) is 0 Å². The van der Waals surface area contributed by atoms with Gasteiger partial charge in [-0.3, -0.25) is 0 Å². The van der Waals surface area contributed by atoms with Crippen molar-refractivity contribution in [3.63, 3.8) is 0 Å². The highest BCUT2D eigenvalue weighted by Gasteiger charge is 2.30. The monoisotopic (exact) mass is 820 g/mol. The second-order valence-corrected chi connectivity index (χ2v) is 15.0. The lowest BCUT2D eigenvalue weighted by Crippen LogP contribution is -2.05. The second kappa shape index (κ2) is 15.7. The Labute approximate surface area is 360 Å². The molecule has 2 heterocycles. The van der Waals surface area contributed by atoms with Gasteiger partial charge < -0.3 is 4.57 Å². The maximum absolute atomic E-state index is 13.7. The minimum Gasteiger partial charge on any atom is -0.308 e. The van der Waals surface area contributed by atoms with Gasteiger partial charge in [-0.2, -0.15) is 23.7 Å². The van der Waals surface area contributed by atoms with E-state index in [0.717, 1.165) is 67.3 Å². The number of nitriles is 2. The number of alkyl halides is 3. The molecule has 0 amide bonds. The molecule has 0 aliphatic heterocycles. The van der Waals surface area contributed by atoms with E-state index >= 15 is 0 Å². The Kier molecular flexibility index (Phi) is 9.63. The highest BCUT2D eigenvalue weighted by atomic mass is 19.4. The van der Waals surface area contributed by atoms with Gasteiger partial charge >= 0.3 is 6.18 Å². The lowest BCUT2D eigenvalue weighted by Gasteiger charge is -2.17. The van der Waals surface area contributed by atoms with Crippen molar-refractivity contribution in [2.45, 2.75) is 6.18 Å². The predicted octanol–water partition coefficient (Wildman–Crippen LogP) is 13.7. The molecule has 0 fully saturated rings. The van der Waals surface area contributed by atoms with Gasteiger partial charge in [-0.1, -0.05) is 115 Å². The minimum absolute atomic E-state index is 0.404. The van der Waals surface area contributed by atoms with Crippen LogP contribution in [0.2, 0.25) is 0 Å². The summed E-state index contributed by atoms with van der Waals surface area (Å²) in [6.07, 6.45) is -4.48. The normalized spacial score (nSPS) is 11.4. The van der Waals surface area contributed by atoms with Crippen molar-refractivity contribution in [3.05, 3.63) is 205 Å². The average molecular weight is 821 g/mol. The van der Waals surface area contributed by atoms with Gasteiger partial charge in [0.25, 0.3) is 0 Å². The van der Waals surface area contributed by atoms with Crippen molar-refractivity contribution in [3.8, 4) is 85.4 Å². The van der Waals surface area contributed by atoms with Crippen LogP contribution < -0.4 is 0 Å². The van der Waals surface area contributed by atoms with Crippen molar-refractivity contribution in [1.82, 2.24) is 19.5 Å². The summed E-state index contributed by atoms with van der Waals surface area (Å²) in [5, 5.41) is 21.3. The summed E-state index contributed by atoms with van der Waals surface area (Å²) in [7, 11) is 0. The van der Waals surface area contributed by atoms with Crippen LogP contribution >= 0.6 is 0 Å². The molecule has 8 aromatic carbocycles. The third-order valence-electron chi connectivity index (χ3n) is 11.1. The first kappa shape index (κ1) is 38.5. The van der Waals surface area contributed by atoms with Crippen molar-refractivity contribution in [2.24, 2.45) is 0 Å². The fourth-order valence-electron chi connectivity index (χ4n) is 8.04. The van der Waals surface area contributed by atoms with Crippen molar-refractivity contribution >= 4 is 21.8 Å². The fourth-order valence-corrected chi connectivity index (χ4v) is 8.04. The smallest absolute Gasteiger partial charge is 0.308 e. The van der Waals surface area contributed by atoms with E-state index in [1.807, 2.05) is 140 Å². The second-order valence-electron chi connectivity index (χ2n) is 15.0. The number of nitrogens with zero attached hydrogens (tertiary/aromatic N) is 6. The Morgan fingerprint density at radius 1 is 0.397 bits per heavy atom. The number of hydrogen-bond acceptors (Lipinski definition) is 5. The number of rotatable bonds is 7. The first-order valence-electron chi connectivity index (χ1n) is 20.0. The summed E-state index contributed by atoms with van der Waals surface area (Å²) >= 11 is 0. The molecule has 6 nitrogen and oxygen atoms in total. The average Bonchev–Trinajstić information content (AvgIpc) is 3.67. The third-order valence-corrected chi connectivity index (χ3v) is 11.1. The van der Waals surface area contributed by atoms with Crippen LogP contribution in [0.15, 0.2) is 188 Å². The molecule has 0 aliphatic rings. The van der Waals surface area contributed by atoms with Gasteiger partial charge in [-0.25, -0.2) is 15.0 Å². The number of aromatic nitrogens is 4. The molecular formula is C54H31F3N6. The van der Waals surface area contributed by atoms with Crippen molar-refractivity contribution in [1.29, 1.82) is 10.5 Å². The Morgan fingerprint density at radius 3 is 1.32 bits per heavy atom. The number of hydrogen-bond donors (Lipinski definition) is 0. The SMILES string of the molecule is N#Cc1cccc(-c2ccc3c(c2)c2cc(-c4cccc(C#N)c4)ccc2n3-c2cc(-c3ccc(C(F)(F)F)cc3)ccc2-c2nc(-c3ccccc3)nc(-c3ccccc3)n2)c1. The standard InChI is InChI=1S/C54H31F3N6/c55-54(56,57)44-22-17-36(18-23-44)43-19-24-45(53-61-51(37-11-3-1-4-12-37)60-52(62-53)38-13-5-2-6-14-38)50(31-43)63-48-25-20-41(39-15-7-9-34(27-39)32-58)29-46(48)47-30-42(21-26-49(47)63)40-16-8-10-35(28-40)33-59/h1-31H. The first-order chi connectivity index (χ1) is 30.7. The molecule has 0 N–H and O–H groups in total. The summed E-state index contributed by atoms with van der Waals surface area (Å²) in [4.78, 5) is 15.1. The largest absolute Gasteiger partial charge is 0.416 e. The predicted molar refractivity (Wildman–Crippen MR) is 241 cm³/mol. The maximum Gasteiger partial charge on any atom is 0.416 e. The van der Waals surface area contributed by atoms with E-state index in [1.54, 1.807) is 12.1 Å². The third kappa shape index (κ3) is 7.35. The molecule has 2 aromatic heterocycles. The zero-order valence-corrected chi connectivity index (χ0v) is 33.2. The van der Waals surface area contributed by atoms with Crippen molar-refractivity contribution in [2.75, 3.05) is 0 Å². The van der Waals surface area contributed by atoms with Crippen LogP contribution in [-0.2, 0) is 6.18 Å². The van der Waals surface area contributed by atoms with Crippen LogP contribution in [-0.4, -0.2) is 19.5 Å². The summed E-state index contributed by atoms with van der Waals surface area (Å²) < 4.78 is 43.3. The van der Waals surface area contributed by atoms with E-state index < -0.39 is 11.7 Å². The number of fused-ring (bicyclic) bond motifs is 3. The summed E-state index contributed by atoms with van der Waals surface area (Å²) in [6, 6.07) is 62.1. The maximum atomic E-state index is 13.7. The first-order valence-corrected chi connectivity index (χ1v) is 20.0. The van der Waals surface area contributed by atoms with Crippen LogP contribution in [0.4, 0.5) is 13.2 Å². The molecule has 63 heavy (non-hydrogen) atoms. The van der Waals surface area contributed by atoms with Crippen molar-refractivity contribution < 1.29 is 13.2 Å². The molecule has 0 radical (unpaired) electrons. The van der Waals surface area contributed by atoms with E-state index in [2.05, 4.69) is 28.8 Å². The zero-order chi connectivity index (χ0) is 43.1. The summed E-state index contributed by atoms with van der Waals surface area (Å²) in [5.74, 6) is 1.36. The Balaban J connectivity index is 1.27. The lowest BCUT2D eigenvalue weighted by molar-refractivity contribution is -0.137. The number of benzene rings is 8. The van der Waals surface area contributed by atoms with Gasteiger partial charge in [0.2, 0.25) is 0 Å². The van der Waals surface area contributed by atoms with Gasteiger partial charge in [-0.05, 0) is 106 Å². The van der Waals surface area contributed by atoms with Gasteiger partial charge in [0.15, 0.2) is 17.5 Å². The van der Waals surface area contributed by atoms with E-state index in [9.17, 15) is 23.7 Å². The molecule has 0 saturated heterocycles. The highest BCUT2D eigenvalue weighted by molar-refractivity contribution is 6.12. The zero-order valence-electron chi connectivity index (χ0n) is 33.2. The molecule has 10 aromatic rings. The molecule has 0 aliphatic carbocycles. The molecular weight excluding hydrogens is 790 g/mol. The molecule has 10 rings (SSSR count). The molecule has 298 valence electrons. The molecule has 0 bridgehead atoms. The number of halogens is 3. The van der Waals surface area contributed by atoms with Crippen LogP contribution in [0, 0.1) is 22.7 Å². The van der Waals surface area contributed by atoms with E-state index in [-0.39, 0.29) is 0 Å². The Hall–Kier alpha value is -8.66. The van der Waals surface area contributed by atoms with E-state index in [4.69, 9.17) is 15.0 Å². The van der Waals surface area contributed by atoms with Gasteiger partial charge in [-0.15, -0.1) is 0 Å². The lowest BCUT2D eigenvalue weighted by atomic mass is 9.99. The van der Waals surface area contributed by atoms with Gasteiger partial charge in [0.1, 0.15) is 0 Å². The van der Waals surface area contributed by atoms with Crippen LogP contribution in [0.1, 0.15) is 16.7 Å². The highest BCUT2D eigenvalue weighted by Crippen LogP contribution is 2.41. The quantitative estimate of drug-likeness (QED) is 0.160. The van der Waals surface area contributed by atoms with Gasteiger partial charge in [0.05, 0.1) is 45.5 Å². The summed E-state index contributed by atoms with van der Waals surface area (Å²) in [5.41, 5.74) is 9.88. The Morgan fingerprint density at radius 2 is 0.825 bits per heavy atom. The van der Waals surface area contributed by atoms with Crippen LogP contribution in [0.25, 0.3) is 95.0 Å². The Bertz CT molecular complexity index is 3280. The molecule has 0 saturated carbocycles. The summed E-state index contributed by atoms with van der Waals surface area (Å²) in [6.45, 7) is 0. The fraction of sp³-hybridized carbons (Fsp3) is 0.0185. The van der Waals surface area contributed by atoms with E-state index in [0.29, 0.717) is 51.0 Å². The topological polar surface area (TPSA) is 91.2 Å².